The van der Waals surface area contributed by atoms with Crippen LogP contribution < -0.4 is 0 Å². The Morgan fingerprint density at radius 3 is 2.62 bits per heavy atom. The lowest BCUT2D eigenvalue weighted by Gasteiger charge is -2.49. The summed E-state index contributed by atoms with van der Waals surface area (Å²) < 4.78 is 5.52. The average molecular weight is 355 g/mol. The normalized spacial score (nSPS) is 25.8. The number of fused-ring (bicyclic) bond motifs is 3. The Labute approximate surface area is 155 Å². The van der Waals surface area contributed by atoms with E-state index in [1.807, 2.05) is 18.5 Å². The van der Waals surface area contributed by atoms with E-state index in [0.29, 0.717) is 11.9 Å². The maximum absolute atomic E-state index is 5.52. The number of piperidine rings is 3. The van der Waals surface area contributed by atoms with Gasteiger partial charge >= 0.3 is 0 Å². The molecule has 0 radical (unpaired) electrons. The highest BCUT2D eigenvalue weighted by Gasteiger charge is 2.38. The predicted molar refractivity (Wildman–Crippen MR) is 99.4 cm³/mol. The van der Waals surface area contributed by atoms with Gasteiger partial charge < -0.3 is 9.42 Å². The van der Waals surface area contributed by atoms with E-state index < -0.39 is 0 Å². The van der Waals surface area contributed by atoms with Crippen molar-refractivity contribution < 1.29 is 4.52 Å². The van der Waals surface area contributed by atoms with Crippen molar-refractivity contribution in [1.29, 1.82) is 0 Å². The van der Waals surface area contributed by atoms with Gasteiger partial charge in [-0.25, -0.2) is 0 Å². The third-order valence-electron chi connectivity index (χ3n) is 5.65. The van der Waals surface area contributed by atoms with Gasteiger partial charge in [-0.1, -0.05) is 32.0 Å². The van der Waals surface area contributed by atoms with Crippen LogP contribution >= 0.6 is 0 Å². The van der Waals surface area contributed by atoms with Gasteiger partial charge in [-0.15, -0.1) is 0 Å². The molecule has 0 aliphatic carbocycles. The molecule has 0 amide bonds. The van der Waals surface area contributed by atoms with Gasteiger partial charge in [-0.2, -0.15) is 4.98 Å². The molecule has 0 aromatic carbocycles. The summed E-state index contributed by atoms with van der Waals surface area (Å²) in [7, 11) is 0. The largest absolute Gasteiger partial charge is 0.339 e. The third kappa shape index (κ3) is 3.81. The monoisotopic (exact) mass is 355 g/mol. The minimum atomic E-state index is -0.116. The molecule has 3 saturated heterocycles. The molecular formula is C20H29N5O. The molecule has 6 nitrogen and oxygen atoms in total. The van der Waals surface area contributed by atoms with Gasteiger partial charge in [0.2, 0.25) is 5.89 Å². The summed E-state index contributed by atoms with van der Waals surface area (Å²) >= 11 is 0. The van der Waals surface area contributed by atoms with Crippen LogP contribution in [0, 0.1) is 5.92 Å². The van der Waals surface area contributed by atoms with Crippen molar-refractivity contribution >= 4 is 0 Å². The highest BCUT2D eigenvalue weighted by Crippen LogP contribution is 2.32. The summed E-state index contributed by atoms with van der Waals surface area (Å²) in [6.45, 7) is 11.6. The van der Waals surface area contributed by atoms with E-state index >= 15 is 0 Å². The number of pyridine rings is 1. The summed E-state index contributed by atoms with van der Waals surface area (Å²) in [5.41, 5.74) is 1.12. The Kier molecular flexibility index (Phi) is 4.80. The Balaban J connectivity index is 1.55. The molecule has 2 aromatic rings. The van der Waals surface area contributed by atoms with Crippen molar-refractivity contribution in [3.05, 3.63) is 41.8 Å². The average Bonchev–Trinajstić information content (AvgIpc) is 3.12. The maximum Gasteiger partial charge on any atom is 0.232 e. The van der Waals surface area contributed by atoms with Crippen molar-refractivity contribution in [2.45, 2.75) is 58.2 Å². The molecule has 5 rings (SSSR count). The maximum atomic E-state index is 5.52. The lowest BCUT2D eigenvalue weighted by molar-refractivity contribution is -0.00395. The first kappa shape index (κ1) is 17.6. The van der Waals surface area contributed by atoms with Crippen LogP contribution in [-0.4, -0.2) is 50.6 Å². The van der Waals surface area contributed by atoms with Crippen molar-refractivity contribution in [3.8, 4) is 0 Å². The van der Waals surface area contributed by atoms with Gasteiger partial charge in [0.1, 0.15) is 0 Å². The Morgan fingerprint density at radius 2 is 2.04 bits per heavy atom. The second-order valence-corrected chi connectivity index (χ2v) is 8.74. The molecule has 2 aromatic heterocycles. The van der Waals surface area contributed by atoms with E-state index in [0.717, 1.165) is 31.4 Å². The Morgan fingerprint density at radius 1 is 1.23 bits per heavy atom. The van der Waals surface area contributed by atoms with Gasteiger partial charge in [0, 0.05) is 36.9 Å². The van der Waals surface area contributed by atoms with E-state index in [2.05, 4.69) is 51.8 Å². The zero-order valence-corrected chi connectivity index (χ0v) is 16.1. The fourth-order valence-corrected chi connectivity index (χ4v) is 4.17. The summed E-state index contributed by atoms with van der Waals surface area (Å²) in [6.07, 6.45) is 6.39. The van der Waals surface area contributed by atoms with Crippen LogP contribution in [0.4, 0.5) is 0 Å². The molecule has 140 valence electrons. The van der Waals surface area contributed by atoms with E-state index in [1.165, 1.54) is 31.5 Å². The number of hydrogen-bond acceptors (Lipinski definition) is 6. The fraction of sp³-hybridized carbons (Fsp3) is 0.650. The van der Waals surface area contributed by atoms with Crippen LogP contribution in [-0.2, 0) is 18.5 Å². The van der Waals surface area contributed by atoms with Crippen LogP contribution in [0.3, 0.4) is 0 Å². The standard InChI is InChI=1S/C20H29N5O/c1-20(2,3)19-22-18(23-26-19)14-25(12-15-5-4-8-21-11-15)17-13-24-9-6-16(17)7-10-24/h4-5,8,11,16-17H,6-7,9-10,12-14H2,1-3H3. The summed E-state index contributed by atoms with van der Waals surface area (Å²) in [5.74, 6) is 2.27. The Bertz CT molecular complexity index is 715. The van der Waals surface area contributed by atoms with Crippen molar-refractivity contribution in [2.75, 3.05) is 19.6 Å². The van der Waals surface area contributed by atoms with Gasteiger partial charge in [0.25, 0.3) is 0 Å². The summed E-state index contributed by atoms with van der Waals surface area (Å²) in [6, 6.07) is 4.71. The van der Waals surface area contributed by atoms with Gasteiger partial charge in [0.05, 0.1) is 6.54 Å². The molecule has 3 aliphatic rings. The SMILES string of the molecule is CC(C)(C)c1nc(CN(Cc2cccnc2)C2CN3CCC2CC3)no1. The smallest absolute Gasteiger partial charge is 0.232 e. The first-order valence-electron chi connectivity index (χ1n) is 9.67. The van der Waals surface area contributed by atoms with Crippen LogP contribution in [0.5, 0.6) is 0 Å². The van der Waals surface area contributed by atoms with E-state index in [-0.39, 0.29) is 5.41 Å². The molecule has 6 heteroatoms. The number of nitrogens with zero attached hydrogens (tertiary/aromatic N) is 5. The first-order valence-corrected chi connectivity index (χ1v) is 9.67. The molecule has 1 unspecified atom stereocenters. The quantitative estimate of drug-likeness (QED) is 0.822. The molecule has 0 N–H and O–H groups in total. The van der Waals surface area contributed by atoms with Crippen molar-refractivity contribution in [3.63, 3.8) is 0 Å². The molecular weight excluding hydrogens is 326 g/mol. The third-order valence-corrected chi connectivity index (χ3v) is 5.65. The van der Waals surface area contributed by atoms with Crippen molar-refractivity contribution in [1.82, 2.24) is 24.9 Å². The number of hydrogen-bond donors (Lipinski definition) is 0. The zero-order chi connectivity index (χ0) is 18.1. The Hall–Kier alpha value is -1.79. The van der Waals surface area contributed by atoms with Crippen LogP contribution in [0.15, 0.2) is 29.0 Å². The van der Waals surface area contributed by atoms with Crippen LogP contribution in [0.2, 0.25) is 0 Å². The topological polar surface area (TPSA) is 58.3 Å². The number of aromatic nitrogens is 3. The van der Waals surface area contributed by atoms with E-state index in [9.17, 15) is 0 Å². The van der Waals surface area contributed by atoms with E-state index in [4.69, 9.17) is 4.52 Å². The molecule has 26 heavy (non-hydrogen) atoms. The molecule has 3 aliphatic heterocycles. The van der Waals surface area contributed by atoms with Gasteiger partial charge in [0.15, 0.2) is 5.82 Å². The summed E-state index contributed by atoms with van der Waals surface area (Å²) in [4.78, 5) is 14.1. The van der Waals surface area contributed by atoms with Gasteiger partial charge in [-0.05, 0) is 43.5 Å². The first-order chi connectivity index (χ1) is 12.5. The van der Waals surface area contributed by atoms with E-state index in [1.54, 1.807) is 0 Å². The number of rotatable bonds is 5. The lowest BCUT2D eigenvalue weighted by atomic mass is 9.83. The molecule has 5 heterocycles. The fourth-order valence-electron chi connectivity index (χ4n) is 4.17. The molecule has 0 saturated carbocycles. The van der Waals surface area contributed by atoms with Crippen molar-refractivity contribution in [2.24, 2.45) is 5.92 Å². The minimum Gasteiger partial charge on any atom is -0.339 e. The highest BCUT2D eigenvalue weighted by atomic mass is 16.5. The predicted octanol–water partition coefficient (Wildman–Crippen LogP) is 2.86. The second kappa shape index (κ2) is 7.08. The molecule has 2 bridgehead atoms. The van der Waals surface area contributed by atoms with Crippen LogP contribution in [0.1, 0.15) is 50.9 Å². The highest BCUT2D eigenvalue weighted by molar-refractivity contribution is 5.09. The molecule has 3 fully saturated rings. The summed E-state index contributed by atoms with van der Waals surface area (Å²) in [5, 5.41) is 4.26. The second-order valence-electron chi connectivity index (χ2n) is 8.74. The van der Waals surface area contributed by atoms with Gasteiger partial charge in [-0.3, -0.25) is 9.88 Å². The minimum absolute atomic E-state index is 0.116. The lowest BCUT2D eigenvalue weighted by Crippen LogP contribution is -2.56. The molecule has 0 spiro atoms. The zero-order valence-electron chi connectivity index (χ0n) is 16.1. The van der Waals surface area contributed by atoms with Crippen LogP contribution in [0.25, 0.3) is 0 Å². The molecule has 1 atom stereocenters.